The molecule has 160 valence electrons. The Hall–Kier alpha value is -2.19. The first kappa shape index (κ1) is 24.1. The van der Waals surface area contributed by atoms with E-state index >= 15 is 0 Å². The fourth-order valence-corrected chi connectivity index (χ4v) is 3.36. The summed E-state index contributed by atoms with van der Waals surface area (Å²) in [4.78, 5) is 11.3. The van der Waals surface area contributed by atoms with Crippen LogP contribution in [0.3, 0.4) is 0 Å². The lowest BCUT2D eigenvalue weighted by molar-refractivity contribution is 0.238. The van der Waals surface area contributed by atoms with Crippen molar-refractivity contribution in [2.24, 2.45) is 4.99 Å². The predicted molar refractivity (Wildman–Crippen MR) is 137 cm³/mol. The third-order valence-corrected chi connectivity index (χ3v) is 5.27. The van der Waals surface area contributed by atoms with Crippen LogP contribution in [0.4, 0.5) is 0 Å². The molecule has 2 aromatic carbocycles. The maximum atomic E-state index is 4.52. The number of para-hydroxylation sites is 1. The molecule has 0 radical (unpaired) electrons. The largest absolute Gasteiger partial charge is 0.356 e. The number of hydrogen-bond donors (Lipinski definition) is 2. The summed E-state index contributed by atoms with van der Waals surface area (Å²) >= 11 is 0. The first-order valence-electron chi connectivity index (χ1n) is 10.2. The molecule has 2 N–H and O–H groups in total. The van der Waals surface area contributed by atoms with Crippen LogP contribution in [0, 0.1) is 0 Å². The molecule has 3 rings (SSSR count). The molecule has 1 aromatic heterocycles. The van der Waals surface area contributed by atoms with Crippen molar-refractivity contribution in [3.63, 3.8) is 0 Å². The molecule has 0 amide bonds. The van der Waals surface area contributed by atoms with Crippen molar-refractivity contribution in [3.8, 4) is 0 Å². The van der Waals surface area contributed by atoms with Crippen LogP contribution >= 0.6 is 24.0 Å². The summed E-state index contributed by atoms with van der Waals surface area (Å²) in [5.41, 5.74) is 3.55. The topological polar surface area (TPSA) is 52.6 Å². The Balaban J connectivity index is 0.00000320. The van der Waals surface area contributed by atoms with E-state index in [1.807, 2.05) is 19.3 Å². The van der Waals surface area contributed by atoms with E-state index in [-0.39, 0.29) is 24.0 Å². The highest BCUT2D eigenvalue weighted by molar-refractivity contribution is 14.0. The zero-order valence-corrected chi connectivity index (χ0v) is 20.3. The highest BCUT2D eigenvalue weighted by atomic mass is 127. The van der Waals surface area contributed by atoms with Crippen LogP contribution in [0.25, 0.3) is 10.9 Å². The van der Waals surface area contributed by atoms with Crippen LogP contribution in [0.5, 0.6) is 0 Å². The van der Waals surface area contributed by atoms with Crippen molar-refractivity contribution in [2.45, 2.75) is 32.5 Å². The van der Waals surface area contributed by atoms with Gasteiger partial charge in [0.05, 0.1) is 5.52 Å². The molecule has 6 heteroatoms. The highest BCUT2D eigenvalue weighted by Crippen LogP contribution is 2.15. The summed E-state index contributed by atoms with van der Waals surface area (Å²) in [7, 11) is 3.99. The minimum atomic E-state index is 0. The summed E-state index contributed by atoms with van der Waals surface area (Å²) in [5.74, 6) is 0.816. The first-order valence-corrected chi connectivity index (χ1v) is 10.2. The Morgan fingerprint density at radius 1 is 1.03 bits per heavy atom. The van der Waals surface area contributed by atoms with Crippen molar-refractivity contribution < 1.29 is 0 Å². The van der Waals surface area contributed by atoms with Crippen molar-refractivity contribution >= 4 is 40.8 Å². The highest BCUT2D eigenvalue weighted by Gasteiger charge is 2.10. The Morgan fingerprint density at radius 2 is 1.80 bits per heavy atom. The fourth-order valence-electron chi connectivity index (χ4n) is 3.36. The summed E-state index contributed by atoms with van der Waals surface area (Å²) in [6.45, 7) is 4.79. The van der Waals surface area contributed by atoms with Crippen molar-refractivity contribution in [1.29, 1.82) is 0 Å². The maximum absolute atomic E-state index is 4.52. The monoisotopic (exact) mass is 517 g/mol. The fraction of sp³-hybridized carbons (Fsp3) is 0.333. The van der Waals surface area contributed by atoms with Gasteiger partial charge in [-0.3, -0.25) is 14.9 Å². The standard InChI is InChI=1S/C24H31N5.HI/c1-19(29(3)18-20-9-5-4-6-10-20)14-16-27-24(25-2)28-17-22-12-7-11-21-13-8-15-26-23(21)22;/h4-13,15,19H,14,16-18H2,1-3H3,(H2,25,27,28);1H. The number of benzene rings is 2. The smallest absolute Gasteiger partial charge is 0.191 e. The van der Waals surface area contributed by atoms with Crippen LogP contribution in [0.1, 0.15) is 24.5 Å². The van der Waals surface area contributed by atoms with Gasteiger partial charge in [-0.25, -0.2) is 0 Å². The number of rotatable bonds is 8. The van der Waals surface area contributed by atoms with Gasteiger partial charge < -0.3 is 10.6 Å². The Morgan fingerprint density at radius 3 is 2.57 bits per heavy atom. The molecule has 0 spiro atoms. The zero-order chi connectivity index (χ0) is 20.5. The average Bonchev–Trinajstić information content (AvgIpc) is 2.76. The van der Waals surface area contributed by atoms with Crippen LogP contribution in [-0.2, 0) is 13.1 Å². The predicted octanol–water partition coefficient (Wildman–Crippen LogP) is 4.43. The third kappa shape index (κ3) is 6.95. The number of pyridine rings is 1. The summed E-state index contributed by atoms with van der Waals surface area (Å²) in [6.07, 6.45) is 2.88. The minimum absolute atomic E-state index is 0. The number of nitrogens with zero attached hydrogens (tertiary/aromatic N) is 3. The van der Waals surface area contributed by atoms with Gasteiger partial charge in [0.25, 0.3) is 0 Å². The molecule has 0 fully saturated rings. The van der Waals surface area contributed by atoms with Crippen molar-refractivity contribution in [3.05, 3.63) is 78.0 Å². The molecule has 0 aliphatic rings. The molecule has 0 aliphatic heterocycles. The van der Waals surface area contributed by atoms with Gasteiger partial charge in [0.15, 0.2) is 5.96 Å². The van der Waals surface area contributed by atoms with Crippen LogP contribution < -0.4 is 10.6 Å². The van der Waals surface area contributed by atoms with Crippen LogP contribution in [-0.4, -0.2) is 42.5 Å². The molecule has 1 atom stereocenters. The number of fused-ring (bicyclic) bond motifs is 1. The molecule has 1 heterocycles. The van der Waals surface area contributed by atoms with Crippen molar-refractivity contribution in [2.75, 3.05) is 20.6 Å². The van der Waals surface area contributed by atoms with Gasteiger partial charge in [-0.15, -0.1) is 24.0 Å². The average molecular weight is 517 g/mol. The van der Waals surface area contributed by atoms with E-state index in [0.717, 1.165) is 36.4 Å². The molecule has 0 saturated heterocycles. The van der Waals surface area contributed by atoms with E-state index in [1.165, 1.54) is 11.1 Å². The Kier molecular flexibility index (Phi) is 10.0. The molecule has 30 heavy (non-hydrogen) atoms. The number of nitrogens with one attached hydrogen (secondary N) is 2. The summed E-state index contributed by atoms with van der Waals surface area (Å²) in [6, 6.07) is 21.4. The molecular formula is C24H32IN5. The molecule has 1 unspecified atom stereocenters. The molecule has 0 bridgehead atoms. The Bertz CT molecular complexity index is 924. The molecule has 0 aliphatic carbocycles. The van der Waals surface area contributed by atoms with E-state index < -0.39 is 0 Å². The maximum Gasteiger partial charge on any atom is 0.191 e. The lowest BCUT2D eigenvalue weighted by atomic mass is 10.1. The van der Waals surface area contributed by atoms with Gasteiger partial charge in [-0.2, -0.15) is 0 Å². The number of hydrogen-bond acceptors (Lipinski definition) is 3. The second-order valence-electron chi connectivity index (χ2n) is 7.38. The quantitative estimate of drug-likeness (QED) is 0.264. The summed E-state index contributed by atoms with van der Waals surface area (Å²) < 4.78 is 0. The summed E-state index contributed by atoms with van der Waals surface area (Å²) in [5, 5.41) is 7.99. The number of aromatic nitrogens is 1. The van der Waals surface area contributed by atoms with Crippen LogP contribution in [0.15, 0.2) is 71.9 Å². The lowest BCUT2D eigenvalue weighted by Crippen LogP contribution is -2.39. The van der Waals surface area contributed by atoms with E-state index in [4.69, 9.17) is 0 Å². The van der Waals surface area contributed by atoms with Gasteiger partial charge in [0, 0.05) is 44.3 Å². The van der Waals surface area contributed by atoms with Gasteiger partial charge >= 0.3 is 0 Å². The first-order chi connectivity index (χ1) is 14.2. The lowest BCUT2D eigenvalue weighted by Gasteiger charge is -2.25. The second-order valence-corrected chi connectivity index (χ2v) is 7.38. The molecule has 3 aromatic rings. The number of halogens is 1. The molecule has 5 nitrogen and oxygen atoms in total. The minimum Gasteiger partial charge on any atom is -0.356 e. The molecular weight excluding hydrogens is 485 g/mol. The number of guanidine groups is 1. The molecule has 0 saturated carbocycles. The third-order valence-electron chi connectivity index (χ3n) is 5.27. The van der Waals surface area contributed by atoms with E-state index in [2.05, 4.69) is 94.1 Å². The van der Waals surface area contributed by atoms with E-state index in [1.54, 1.807) is 0 Å². The van der Waals surface area contributed by atoms with Gasteiger partial charge in [-0.1, -0.05) is 54.6 Å². The Labute approximate surface area is 197 Å². The van der Waals surface area contributed by atoms with Gasteiger partial charge in [0.2, 0.25) is 0 Å². The normalized spacial score (nSPS) is 12.5. The SMILES string of the molecule is CN=C(NCCC(C)N(C)Cc1ccccc1)NCc1cccc2cccnc12.I. The van der Waals surface area contributed by atoms with Crippen molar-refractivity contribution in [1.82, 2.24) is 20.5 Å². The van der Waals surface area contributed by atoms with Gasteiger partial charge in [-0.05, 0) is 37.6 Å². The van der Waals surface area contributed by atoms with E-state index in [0.29, 0.717) is 12.6 Å². The second kappa shape index (κ2) is 12.5. The van der Waals surface area contributed by atoms with Gasteiger partial charge in [0.1, 0.15) is 0 Å². The number of aliphatic imine (C=N–C) groups is 1. The van der Waals surface area contributed by atoms with Crippen LogP contribution in [0.2, 0.25) is 0 Å². The zero-order valence-electron chi connectivity index (χ0n) is 18.0. The van der Waals surface area contributed by atoms with E-state index in [9.17, 15) is 0 Å².